The van der Waals surface area contributed by atoms with E-state index in [1.165, 1.54) is 128 Å². The van der Waals surface area contributed by atoms with E-state index in [1.807, 2.05) is 0 Å². The van der Waals surface area contributed by atoms with Crippen LogP contribution in [0.15, 0.2) is 11.6 Å². The van der Waals surface area contributed by atoms with Gasteiger partial charge in [-0.05, 0) is 93.8 Å². The lowest BCUT2D eigenvalue weighted by atomic mass is 9.65. The van der Waals surface area contributed by atoms with Crippen LogP contribution in [0, 0.1) is 35.0 Å². The van der Waals surface area contributed by atoms with Gasteiger partial charge in [0.25, 0.3) is 0 Å². The quantitative estimate of drug-likeness (QED) is 0.149. The summed E-state index contributed by atoms with van der Waals surface area (Å²) in [4.78, 5) is 0. The summed E-state index contributed by atoms with van der Waals surface area (Å²) in [5, 5.41) is 0. The molecule has 1 aliphatic rings. The first-order chi connectivity index (χ1) is 16.7. The molecule has 0 nitrogen and oxygen atoms in total. The Labute approximate surface area is 223 Å². The van der Waals surface area contributed by atoms with Crippen molar-refractivity contribution in [3.05, 3.63) is 11.6 Å². The molecule has 0 bridgehead atoms. The Hall–Kier alpha value is -0.260. The molecular formula is C35H68. The minimum atomic E-state index is 0.694. The summed E-state index contributed by atoms with van der Waals surface area (Å²) >= 11 is 0. The van der Waals surface area contributed by atoms with Crippen LogP contribution in [0.25, 0.3) is 0 Å². The van der Waals surface area contributed by atoms with Gasteiger partial charge in [-0.3, -0.25) is 0 Å². The summed E-state index contributed by atoms with van der Waals surface area (Å²) in [6.45, 7) is 19.1. The zero-order valence-corrected chi connectivity index (χ0v) is 25.9. The standard InChI is InChI=1S/C35H68/c1-9-35(26-14-22-33(8)20-12-19-31(6)17-10-15-29(2)3)27-24-34(25-28-35)23-13-21-32(7)18-11-16-30(4)5/h15,30-34H,9-14,16-28H2,1-8H3. The van der Waals surface area contributed by atoms with Crippen molar-refractivity contribution in [1.82, 2.24) is 0 Å². The van der Waals surface area contributed by atoms with Crippen molar-refractivity contribution in [3.63, 3.8) is 0 Å². The van der Waals surface area contributed by atoms with E-state index < -0.39 is 0 Å². The normalized spacial score (nSPS) is 23.3. The summed E-state index contributed by atoms with van der Waals surface area (Å²) in [6, 6.07) is 0. The first-order valence-electron chi connectivity index (χ1n) is 16.3. The molecule has 1 aliphatic carbocycles. The molecule has 208 valence electrons. The van der Waals surface area contributed by atoms with Crippen molar-refractivity contribution < 1.29 is 0 Å². The fraction of sp³-hybridized carbons (Fsp3) is 0.943. The van der Waals surface area contributed by atoms with Crippen molar-refractivity contribution >= 4 is 0 Å². The Bertz CT molecular complexity index is 514. The van der Waals surface area contributed by atoms with Crippen molar-refractivity contribution in [2.75, 3.05) is 0 Å². The average molecular weight is 489 g/mol. The van der Waals surface area contributed by atoms with Gasteiger partial charge >= 0.3 is 0 Å². The minimum absolute atomic E-state index is 0.694. The van der Waals surface area contributed by atoms with Crippen molar-refractivity contribution in [3.8, 4) is 0 Å². The number of allylic oxidation sites excluding steroid dienone is 2. The van der Waals surface area contributed by atoms with E-state index in [0.29, 0.717) is 5.41 Å². The zero-order valence-electron chi connectivity index (χ0n) is 25.9. The molecule has 0 spiro atoms. The number of hydrogen-bond donors (Lipinski definition) is 0. The molecule has 0 amide bonds. The summed E-state index contributed by atoms with van der Waals surface area (Å²) in [5.74, 6) is 4.68. The largest absolute Gasteiger partial charge is 0.0859 e. The fourth-order valence-electron chi connectivity index (χ4n) is 6.72. The monoisotopic (exact) mass is 489 g/mol. The number of rotatable bonds is 20. The van der Waals surface area contributed by atoms with E-state index in [0.717, 1.165) is 29.6 Å². The Morgan fingerprint density at radius 1 is 0.714 bits per heavy atom. The highest BCUT2D eigenvalue weighted by Crippen LogP contribution is 2.46. The third-order valence-corrected chi connectivity index (χ3v) is 9.71. The van der Waals surface area contributed by atoms with E-state index in [9.17, 15) is 0 Å². The molecule has 0 aromatic rings. The van der Waals surface area contributed by atoms with Gasteiger partial charge in [-0.25, -0.2) is 0 Å². The van der Waals surface area contributed by atoms with Gasteiger partial charge in [-0.15, -0.1) is 0 Å². The summed E-state index contributed by atoms with van der Waals surface area (Å²) in [5.41, 5.74) is 2.17. The molecule has 0 N–H and O–H groups in total. The second-order valence-electron chi connectivity index (χ2n) is 14.1. The molecule has 3 atom stereocenters. The van der Waals surface area contributed by atoms with E-state index in [-0.39, 0.29) is 0 Å². The van der Waals surface area contributed by atoms with Gasteiger partial charge in [0.2, 0.25) is 0 Å². The molecule has 1 rings (SSSR count). The Morgan fingerprint density at radius 2 is 1.23 bits per heavy atom. The molecule has 1 saturated carbocycles. The summed E-state index contributed by atoms with van der Waals surface area (Å²) in [7, 11) is 0. The van der Waals surface area contributed by atoms with Crippen LogP contribution in [0.5, 0.6) is 0 Å². The van der Waals surface area contributed by atoms with Gasteiger partial charge in [0.1, 0.15) is 0 Å². The predicted octanol–water partition coefficient (Wildman–Crippen LogP) is 12.6. The Balaban J connectivity index is 2.15. The van der Waals surface area contributed by atoms with E-state index in [2.05, 4.69) is 61.5 Å². The SMILES string of the molecule is CCC1(CCCC(C)CCCC(C)CCC=C(C)C)CCC(CCCC(C)CCCC(C)C)CC1. The minimum Gasteiger partial charge on any atom is -0.0859 e. The lowest BCUT2D eigenvalue weighted by Gasteiger charge is -2.40. The second-order valence-corrected chi connectivity index (χ2v) is 14.1. The van der Waals surface area contributed by atoms with E-state index in [4.69, 9.17) is 0 Å². The van der Waals surface area contributed by atoms with E-state index in [1.54, 1.807) is 0 Å². The number of hydrogen-bond acceptors (Lipinski definition) is 0. The summed E-state index contributed by atoms with van der Waals surface area (Å²) < 4.78 is 0. The Kier molecular flexibility index (Phi) is 17.7. The highest BCUT2D eigenvalue weighted by Gasteiger charge is 2.33. The molecule has 0 heteroatoms. The van der Waals surface area contributed by atoms with Crippen molar-refractivity contribution in [2.24, 2.45) is 35.0 Å². The molecule has 0 radical (unpaired) electrons. The third-order valence-electron chi connectivity index (χ3n) is 9.71. The van der Waals surface area contributed by atoms with Crippen molar-refractivity contribution in [1.29, 1.82) is 0 Å². The highest BCUT2D eigenvalue weighted by molar-refractivity contribution is 4.92. The topological polar surface area (TPSA) is 0 Å². The lowest BCUT2D eigenvalue weighted by Crippen LogP contribution is -2.27. The van der Waals surface area contributed by atoms with Gasteiger partial charge in [0, 0.05) is 0 Å². The molecule has 0 heterocycles. The maximum atomic E-state index is 2.52. The molecule has 0 aromatic carbocycles. The van der Waals surface area contributed by atoms with Crippen molar-refractivity contribution in [2.45, 2.75) is 177 Å². The molecular weight excluding hydrogens is 420 g/mol. The smallest absolute Gasteiger partial charge is 0.0300 e. The second kappa shape index (κ2) is 18.9. The molecule has 0 saturated heterocycles. The van der Waals surface area contributed by atoms with Gasteiger partial charge in [-0.1, -0.05) is 130 Å². The Morgan fingerprint density at radius 3 is 1.77 bits per heavy atom. The highest BCUT2D eigenvalue weighted by atomic mass is 14.4. The van der Waals surface area contributed by atoms with Crippen LogP contribution in [0.4, 0.5) is 0 Å². The van der Waals surface area contributed by atoms with Crippen LogP contribution >= 0.6 is 0 Å². The van der Waals surface area contributed by atoms with Gasteiger partial charge in [0.15, 0.2) is 0 Å². The van der Waals surface area contributed by atoms with E-state index >= 15 is 0 Å². The van der Waals surface area contributed by atoms with Crippen LogP contribution in [0.2, 0.25) is 0 Å². The summed E-state index contributed by atoms with van der Waals surface area (Å²) in [6.07, 6.45) is 30.1. The van der Waals surface area contributed by atoms with Crippen LogP contribution in [0.3, 0.4) is 0 Å². The molecule has 0 aliphatic heterocycles. The van der Waals surface area contributed by atoms with Gasteiger partial charge < -0.3 is 0 Å². The van der Waals surface area contributed by atoms with Crippen LogP contribution < -0.4 is 0 Å². The van der Waals surface area contributed by atoms with Crippen LogP contribution in [-0.4, -0.2) is 0 Å². The molecule has 3 unspecified atom stereocenters. The first kappa shape index (κ1) is 32.8. The lowest BCUT2D eigenvalue weighted by molar-refractivity contribution is 0.119. The predicted molar refractivity (Wildman–Crippen MR) is 161 cm³/mol. The maximum absolute atomic E-state index is 2.52. The third kappa shape index (κ3) is 16.2. The first-order valence-corrected chi connectivity index (χ1v) is 16.3. The average Bonchev–Trinajstić information content (AvgIpc) is 2.79. The molecule has 0 aromatic heterocycles. The maximum Gasteiger partial charge on any atom is -0.0300 e. The molecule has 1 fully saturated rings. The van der Waals surface area contributed by atoms with Gasteiger partial charge in [0.05, 0.1) is 0 Å². The zero-order chi connectivity index (χ0) is 26.1. The fourth-order valence-corrected chi connectivity index (χ4v) is 6.72. The van der Waals surface area contributed by atoms with Gasteiger partial charge in [-0.2, -0.15) is 0 Å². The molecule has 35 heavy (non-hydrogen) atoms. The van der Waals surface area contributed by atoms with Crippen LogP contribution in [-0.2, 0) is 0 Å². The van der Waals surface area contributed by atoms with Crippen LogP contribution in [0.1, 0.15) is 177 Å².